The zero-order valence-corrected chi connectivity index (χ0v) is 7.46. The largest absolute Gasteiger partial charge is 0.298 e. The lowest BCUT2D eigenvalue weighted by atomic mass is 10.2. The number of thiophene rings is 1. The maximum atomic E-state index is 10.5. The Bertz CT molecular complexity index is 323. The summed E-state index contributed by atoms with van der Waals surface area (Å²) >= 11 is 5.82. The predicted octanol–water partition coefficient (Wildman–Crippen LogP) is 2.60. The van der Waals surface area contributed by atoms with Gasteiger partial charge in [0.2, 0.25) is 0 Å². The van der Waals surface area contributed by atoms with Gasteiger partial charge in [0.15, 0.2) is 6.29 Å². The van der Waals surface area contributed by atoms with Gasteiger partial charge < -0.3 is 0 Å². The molecule has 0 aliphatic heterocycles. The van der Waals surface area contributed by atoms with E-state index in [4.69, 9.17) is 0 Å². The molecule has 11 heavy (non-hydrogen) atoms. The number of nitrogens with zero attached hydrogens (tertiary/aromatic N) is 1. The second-order valence-electron chi connectivity index (χ2n) is 1.96. The van der Waals surface area contributed by atoms with Gasteiger partial charge in [-0.1, -0.05) is 0 Å². The molecule has 1 rings (SSSR count). The molecule has 0 radical (unpaired) electrons. The number of isothiocyanates is 1. The fourth-order valence-electron chi connectivity index (χ4n) is 0.711. The number of aldehydes is 1. The average Bonchev–Trinajstić information content (AvgIpc) is 2.33. The Morgan fingerprint density at radius 2 is 2.55 bits per heavy atom. The SMILES string of the molecule is Cc1csc(N=C=S)c1C=O. The van der Waals surface area contributed by atoms with Crippen LogP contribution in [0.4, 0.5) is 5.00 Å². The highest BCUT2D eigenvalue weighted by atomic mass is 32.1. The zero-order chi connectivity index (χ0) is 8.27. The van der Waals surface area contributed by atoms with Gasteiger partial charge in [-0.05, 0) is 30.1 Å². The van der Waals surface area contributed by atoms with Crippen LogP contribution in [0.2, 0.25) is 0 Å². The van der Waals surface area contributed by atoms with Gasteiger partial charge in [-0.3, -0.25) is 4.79 Å². The average molecular weight is 183 g/mol. The molecule has 0 atom stereocenters. The molecule has 0 amide bonds. The third kappa shape index (κ3) is 1.60. The van der Waals surface area contributed by atoms with Crippen molar-refractivity contribution in [1.29, 1.82) is 0 Å². The van der Waals surface area contributed by atoms with E-state index in [1.807, 2.05) is 12.3 Å². The third-order valence-electron chi connectivity index (χ3n) is 1.27. The summed E-state index contributed by atoms with van der Waals surface area (Å²) in [5.41, 5.74) is 1.56. The van der Waals surface area contributed by atoms with Crippen LogP contribution >= 0.6 is 23.6 Å². The Kier molecular flexibility index (Phi) is 2.65. The molecule has 1 aromatic heterocycles. The Hall–Kier alpha value is -0.830. The highest BCUT2D eigenvalue weighted by Gasteiger charge is 2.05. The van der Waals surface area contributed by atoms with Gasteiger partial charge in [0.05, 0.1) is 10.7 Å². The van der Waals surface area contributed by atoms with E-state index in [0.717, 1.165) is 11.8 Å². The molecule has 0 saturated heterocycles. The number of hydrogen-bond acceptors (Lipinski definition) is 4. The molecule has 0 N–H and O–H groups in total. The van der Waals surface area contributed by atoms with Gasteiger partial charge in [-0.2, -0.15) is 4.99 Å². The quantitative estimate of drug-likeness (QED) is 0.400. The Balaban J connectivity index is 3.25. The molecule has 4 heteroatoms. The highest BCUT2D eigenvalue weighted by molar-refractivity contribution is 7.78. The first-order valence-electron chi connectivity index (χ1n) is 2.90. The fourth-order valence-corrected chi connectivity index (χ4v) is 1.71. The summed E-state index contributed by atoms with van der Waals surface area (Å²) in [7, 11) is 0. The van der Waals surface area contributed by atoms with Gasteiger partial charge in [0, 0.05) is 0 Å². The van der Waals surface area contributed by atoms with Crippen LogP contribution in [0.5, 0.6) is 0 Å². The minimum atomic E-state index is 0.618. The number of rotatable bonds is 2. The summed E-state index contributed by atoms with van der Waals surface area (Å²) in [5, 5.41) is 4.75. The summed E-state index contributed by atoms with van der Waals surface area (Å²) in [6, 6.07) is 0. The van der Waals surface area contributed by atoms with E-state index >= 15 is 0 Å². The molecule has 0 saturated carbocycles. The molecule has 1 heterocycles. The molecular formula is C7H5NOS2. The molecule has 0 bridgehead atoms. The van der Waals surface area contributed by atoms with E-state index in [0.29, 0.717) is 10.6 Å². The second-order valence-corrected chi connectivity index (χ2v) is 3.00. The lowest BCUT2D eigenvalue weighted by Crippen LogP contribution is -1.77. The number of carbonyl (C=O) groups is 1. The van der Waals surface area contributed by atoms with Crippen LogP contribution in [0.3, 0.4) is 0 Å². The van der Waals surface area contributed by atoms with Crippen molar-refractivity contribution in [2.24, 2.45) is 4.99 Å². The second kappa shape index (κ2) is 3.53. The number of aliphatic imine (C=N–C) groups is 1. The number of aryl methyl sites for hydroxylation is 1. The van der Waals surface area contributed by atoms with Crippen molar-refractivity contribution in [2.75, 3.05) is 0 Å². The van der Waals surface area contributed by atoms with E-state index in [9.17, 15) is 4.79 Å². The van der Waals surface area contributed by atoms with E-state index < -0.39 is 0 Å². The van der Waals surface area contributed by atoms with Crippen LogP contribution in [0.15, 0.2) is 10.4 Å². The van der Waals surface area contributed by atoms with Crippen LogP contribution in [0, 0.1) is 6.92 Å². The minimum Gasteiger partial charge on any atom is -0.298 e. The van der Waals surface area contributed by atoms with Crippen LogP contribution in [-0.2, 0) is 0 Å². The van der Waals surface area contributed by atoms with Crippen molar-refractivity contribution in [3.63, 3.8) is 0 Å². The summed E-state index contributed by atoms with van der Waals surface area (Å²) in [5.74, 6) is 0. The van der Waals surface area contributed by atoms with E-state index in [1.54, 1.807) is 0 Å². The van der Waals surface area contributed by atoms with Gasteiger partial charge >= 0.3 is 0 Å². The van der Waals surface area contributed by atoms with Gasteiger partial charge in [0.1, 0.15) is 5.00 Å². The van der Waals surface area contributed by atoms with Crippen LogP contribution in [-0.4, -0.2) is 11.4 Å². The fraction of sp³-hybridized carbons (Fsp3) is 0.143. The summed E-state index contributed by atoms with van der Waals surface area (Å²) < 4.78 is 0. The minimum absolute atomic E-state index is 0.618. The van der Waals surface area contributed by atoms with Gasteiger partial charge in [0.25, 0.3) is 0 Å². The van der Waals surface area contributed by atoms with Gasteiger partial charge in [-0.15, -0.1) is 11.3 Å². The molecule has 56 valence electrons. The Labute approximate surface area is 73.6 Å². The third-order valence-corrected chi connectivity index (χ3v) is 2.36. The van der Waals surface area contributed by atoms with Crippen LogP contribution in [0.1, 0.15) is 15.9 Å². The predicted molar refractivity (Wildman–Crippen MR) is 49.1 cm³/mol. The number of carbonyl (C=O) groups excluding carboxylic acids is 1. The van der Waals surface area contributed by atoms with Crippen LogP contribution in [0.25, 0.3) is 0 Å². The normalized spacial score (nSPS) is 8.82. The van der Waals surface area contributed by atoms with Crippen molar-refractivity contribution in [3.05, 3.63) is 16.5 Å². The maximum Gasteiger partial charge on any atom is 0.153 e. The number of thiocarbonyl (C=S) groups is 1. The standard InChI is InChI=1S/C7H5NOS2/c1-5-3-11-7(8-4-10)6(5)2-9/h2-3H,1H3. The van der Waals surface area contributed by atoms with Crippen molar-refractivity contribution in [1.82, 2.24) is 0 Å². The first-order chi connectivity index (χ1) is 5.29. The van der Waals surface area contributed by atoms with Crippen molar-refractivity contribution in [2.45, 2.75) is 6.92 Å². The molecule has 0 aliphatic rings. The monoisotopic (exact) mass is 183 g/mol. The van der Waals surface area contributed by atoms with E-state index in [-0.39, 0.29) is 0 Å². The zero-order valence-electron chi connectivity index (χ0n) is 5.83. The van der Waals surface area contributed by atoms with Crippen molar-refractivity contribution in [3.8, 4) is 0 Å². The topological polar surface area (TPSA) is 29.4 Å². The molecule has 2 nitrogen and oxygen atoms in total. The highest BCUT2D eigenvalue weighted by Crippen LogP contribution is 2.28. The first kappa shape index (κ1) is 8.27. The molecule has 0 unspecified atom stereocenters. The molecule has 0 spiro atoms. The summed E-state index contributed by atoms with van der Waals surface area (Å²) in [6.07, 6.45) is 0.789. The molecule has 0 fully saturated rings. The van der Waals surface area contributed by atoms with E-state index in [1.165, 1.54) is 11.3 Å². The first-order valence-corrected chi connectivity index (χ1v) is 4.19. The smallest absolute Gasteiger partial charge is 0.153 e. The molecule has 0 aliphatic carbocycles. The van der Waals surface area contributed by atoms with Crippen LogP contribution < -0.4 is 0 Å². The van der Waals surface area contributed by atoms with Crippen molar-refractivity contribution < 1.29 is 4.79 Å². The van der Waals surface area contributed by atoms with Crippen molar-refractivity contribution >= 4 is 40.0 Å². The van der Waals surface area contributed by atoms with E-state index in [2.05, 4.69) is 22.4 Å². The number of hydrogen-bond donors (Lipinski definition) is 0. The van der Waals surface area contributed by atoms with Gasteiger partial charge in [-0.25, -0.2) is 0 Å². The summed E-state index contributed by atoms with van der Waals surface area (Å²) in [6.45, 7) is 1.86. The lowest BCUT2D eigenvalue weighted by molar-refractivity contribution is 0.112. The Morgan fingerprint density at radius 3 is 3.09 bits per heavy atom. The summed E-state index contributed by atoms with van der Waals surface area (Å²) in [4.78, 5) is 14.2. The maximum absolute atomic E-state index is 10.5. The Morgan fingerprint density at radius 1 is 1.82 bits per heavy atom. The molecule has 1 aromatic rings. The lowest BCUT2D eigenvalue weighted by Gasteiger charge is -1.85. The molecular weight excluding hydrogens is 178 g/mol. The molecule has 0 aromatic carbocycles.